The molecule has 0 atom stereocenters. The first kappa shape index (κ1) is 18.2. The van der Waals surface area contributed by atoms with Crippen molar-refractivity contribution in [1.29, 1.82) is 0 Å². The standard InChI is InChI=1S/C21H18FN5O3/c1-12-9-14(11-25-17(12)23-2)26-19(29)21(7-4-8-21)27(20(26)30)13-5-6-15(16(22)10-13)18(28)24-3/h5-6,9-11H,4,7-8H2,1,3H3,(H,24,28)/i11D. The number of aromatic nitrogens is 1. The number of benzene rings is 1. The van der Waals surface area contributed by atoms with Crippen molar-refractivity contribution in [3.05, 3.63) is 58.8 Å². The van der Waals surface area contributed by atoms with E-state index in [1.807, 2.05) is 0 Å². The molecule has 2 heterocycles. The van der Waals surface area contributed by atoms with Gasteiger partial charge in [0.05, 0.1) is 11.3 Å². The minimum Gasteiger partial charge on any atom is -0.360 e. The highest BCUT2D eigenvalue weighted by atomic mass is 19.1. The van der Waals surface area contributed by atoms with Gasteiger partial charge in [0.15, 0.2) is 0 Å². The lowest BCUT2D eigenvalue weighted by Gasteiger charge is -2.42. The van der Waals surface area contributed by atoms with Gasteiger partial charge in [0.1, 0.15) is 18.9 Å². The van der Waals surface area contributed by atoms with Crippen LogP contribution in [0.4, 0.5) is 26.4 Å². The molecule has 1 spiro atoms. The molecule has 1 aliphatic carbocycles. The minimum absolute atomic E-state index is 0.0175. The first-order valence-corrected chi connectivity index (χ1v) is 9.31. The van der Waals surface area contributed by atoms with Crippen LogP contribution in [0.15, 0.2) is 30.4 Å². The number of amides is 4. The van der Waals surface area contributed by atoms with E-state index in [0.717, 1.165) is 11.0 Å². The van der Waals surface area contributed by atoms with Gasteiger partial charge in [0.25, 0.3) is 17.6 Å². The second-order valence-corrected chi connectivity index (χ2v) is 7.26. The topological polar surface area (TPSA) is 87.0 Å². The van der Waals surface area contributed by atoms with E-state index in [1.165, 1.54) is 30.1 Å². The zero-order valence-corrected chi connectivity index (χ0v) is 16.3. The SMILES string of the molecule is [2H]c1nc([N+]#[C-])c(C)cc1N1C(=O)N(c2ccc(C(=O)NC)c(F)c2)C2(CCC2)C1=O. The van der Waals surface area contributed by atoms with Crippen LogP contribution in [0.1, 0.15) is 36.6 Å². The summed E-state index contributed by atoms with van der Waals surface area (Å²) < 4.78 is 22.7. The number of hydrogen-bond acceptors (Lipinski definition) is 4. The van der Waals surface area contributed by atoms with E-state index in [0.29, 0.717) is 24.8 Å². The fourth-order valence-corrected chi connectivity index (χ4v) is 3.88. The third-order valence-corrected chi connectivity index (χ3v) is 5.60. The molecule has 0 unspecified atom stereocenters. The predicted octanol–water partition coefficient (Wildman–Crippen LogP) is 3.34. The number of nitrogens with one attached hydrogen (secondary N) is 1. The highest BCUT2D eigenvalue weighted by molar-refractivity contribution is 6.30. The summed E-state index contributed by atoms with van der Waals surface area (Å²) >= 11 is 0. The minimum atomic E-state index is -1.17. The molecule has 1 aromatic heterocycles. The first-order valence-electron chi connectivity index (χ1n) is 9.81. The van der Waals surface area contributed by atoms with Gasteiger partial charge in [-0.05, 0) is 56.0 Å². The van der Waals surface area contributed by atoms with Gasteiger partial charge in [-0.25, -0.2) is 14.1 Å². The molecule has 4 rings (SSSR count). The quantitative estimate of drug-likeness (QED) is 0.623. The predicted molar refractivity (Wildman–Crippen MR) is 107 cm³/mol. The van der Waals surface area contributed by atoms with Crippen LogP contribution >= 0.6 is 0 Å². The molecule has 2 fully saturated rings. The molecule has 1 saturated heterocycles. The molecule has 1 saturated carbocycles. The molecule has 0 bridgehead atoms. The summed E-state index contributed by atoms with van der Waals surface area (Å²) in [7, 11) is 1.38. The monoisotopic (exact) mass is 408 g/mol. The van der Waals surface area contributed by atoms with Crippen molar-refractivity contribution in [1.82, 2.24) is 10.3 Å². The fourth-order valence-electron chi connectivity index (χ4n) is 3.88. The Hall–Kier alpha value is -3.80. The normalized spacial score (nSPS) is 17.6. The molecule has 2 aromatic rings. The third kappa shape index (κ3) is 2.64. The van der Waals surface area contributed by atoms with Crippen LogP contribution in [0.2, 0.25) is 0 Å². The first-order chi connectivity index (χ1) is 14.7. The van der Waals surface area contributed by atoms with Gasteiger partial charge >= 0.3 is 6.03 Å². The van der Waals surface area contributed by atoms with E-state index in [9.17, 15) is 18.8 Å². The van der Waals surface area contributed by atoms with Gasteiger partial charge in [0, 0.05) is 12.7 Å². The number of nitrogens with zero attached hydrogens (tertiary/aromatic N) is 4. The van der Waals surface area contributed by atoms with Gasteiger partial charge in [-0.15, -0.1) is 4.98 Å². The average molecular weight is 408 g/mol. The lowest BCUT2D eigenvalue weighted by Crippen LogP contribution is -2.55. The zero-order chi connectivity index (χ0) is 22.5. The Bertz CT molecular complexity index is 1190. The van der Waals surface area contributed by atoms with Crippen LogP contribution in [0.5, 0.6) is 0 Å². The molecule has 1 aromatic carbocycles. The number of urea groups is 1. The second-order valence-electron chi connectivity index (χ2n) is 7.26. The van der Waals surface area contributed by atoms with Crippen molar-refractivity contribution in [2.45, 2.75) is 31.7 Å². The van der Waals surface area contributed by atoms with Crippen LogP contribution < -0.4 is 15.1 Å². The van der Waals surface area contributed by atoms with Gasteiger partial charge < -0.3 is 10.2 Å². The Labute approximate surface area is 173 Å². The van der Waals surface area contributed by atoms with Crippen molar-refractivity contribution in [3.8, 4) is 0 Å². The van der Waals surface area contributed by atoms with Crippen LogP contribution in [0.25, 0.3) is 4.85 Å². The van der Waals surface area contributed by atoms with Gasteiger partial charge in [-0.1, -0.05) is 6.57 Å². The number of anilines is 2. The van der Waals surface area contributed by atoms with Crippen LogP contribution in [-0.2, 0) is 4.79 Å². The van der Waals surface area contributed by atoms with Crippen molar-refractivity contribution in [2.75, 3.05) is 16.8 Å². The maximum atomic E-state index is 14.6. The lowest BCUT2D eigenvalue weighted by molar-refractivity contribution is -0.123. The Morgan fingerprint density at radius 1 is 1.33 bits per heavy atom. The summed E-state index contributed by atoms with van der Waals surface area (Å²) in [5.74, 6) is -1.90. The molecular formula is C21H18FN5O3. The maximum absolute atomic E-state index is 14.6. The highest BCUT2D eigenvalue weighted by Crippen LogP contribution is 2.47. The number of pyridine rings is 1. The zero-order valence-electron chi connectivity index (χ0n) is 17.3. The summed E-state index contributed by atoms with van der Waals surface area (Å²) in [5, 5.41) is 2.34. The van der Waals surface area contributed by atoms with Crippen molar-refractivity contribution in [2.24, 2.45) is 0 Å². The van der Waals surface area contributed by atoms with Gasteiger partial charge in [0.2, 0.25) is 0 Å². The van der Waals surface area contributed by atoms with E-state index in [-0.39, 0.29) is 28.9 Å². The largest absolute Gasteiger partial charge is 0.360 e. The second kappa shape index (κ2) is 6.91. The Kier molecular flexibility index (Phi) is 4.20. The van der Waals surface area contributed by atoms with E-state index in [2.05, 4.69) is 15.1 Å². The summed E-state index contributed by atoms with van der Waals surface area (Å²) in [6.45, 7) is 8.74. The van der Waals surface area contributed by atoms with Crippen LogP contribution in [0.3, 0.4) is 0 Å². The summed E-state index contributed by atoms with van der Waals surface area (Å²) in [6, 6.07) is 4.45. The third-order valence-electron chi connectivity index (χ3n) is 5.60. The summed E-state index contributed by atoms with van der Waals surface area (Å²) in [6.07, 6.45) is 1.14. The molecule has 0 radical (unpaired) electrons. The van der Waals surface area contributed by atoms with E-state index in [1.54, 1.807) is 6.92 Å². The smallest absolute Gasteiger partial charge is 0.337 e. The highest BCUT2D eigenvalue weighted by Gasteiger charge is 2.61. The number of carbonyl (C=O) groups excluding carboxylic acids is 3. The number of imide groups is 1. The van der Waals surface area contributed by atoms with E-state index in [4.69, 9.17) is 7.94 Å². The molecule has 8 nitrogen and oxygen atoms in total. The van der Waals surface area contributed by atoms with Gasteiger partial charge in [-0.3, -0.25) is 14.5 Å². The summed E-state index contributed by atoms with van der Waals surface area (Å²) in [5.41, 5.74) is -0.775. The van der Waals surface area contributed by atoms with Crippen LogP contribution in [-0.4, -0.2) is 35.4 Å². The van der Waals surface area contributed by atoms with E-state index < -0.39 is 29.2 Å². The Morgan fingerprint density at radius 2 is 2.07 bits per heavy atom. The number of carbonyl (C=O) groups is 3. The molecule has 9 heteroatoms. The molecule has 4 amide bonds. The number of aryl methyl sites for hydroxylation is 1. The molecule has 1 aliphatic heterocycles. The molecule has 152 valence electrons. The van der Waals surface area contributed by atoms with Crippen molar-refractivity contribution in [3.63, 3.8) is 0 Å². The summed E-state index contributed by atoms with van der Waals surface area (Å²) in [4.78, 5) is 47.8. The van der Waals surface area contributed by atoms with Crippen molar-refractivity contribution < 1.29 is 20.1 Å². The van der Waals surface area contributed by atoms with Crippen molar-refractivity contribution >= 4 is 35.0 Å². The fraction of sp³-hybridized carbons (Fsp3) is 0.286. The van der Waals surface area contributed by atoms with Crippen LogP contribution in [0, 0.1) is 19.3 Å². The van der Waals surface area contributed by atoms with E-state index >= 15 is 0 Å². The van der Waals surface area contributed by atoms with Gasteiger partial charge in [-0.2, -0.15) is 0 Å². The average Bonchev–Trinajstić information content (AvgIpc) is 2.95. The molecule has 2 aliphatic rings. The number of halogens is 1. The molecule has 1 N–H and O–H groups in total. The molecular weight excluding hydrogens is 389 g/mol. The number of hydrogen-bond donors (Lipinski definition) is 1. The Balaban J connectivity index is 1.81. The number of rotatable bonds is 3. The Morgan fingerprint density at radius 3 is 2.63 bits per heavy atom. The molecule has 30 heavy (non-hydrogen) atoms. The maximum Gasteiger partial charge on any atom is 0.337 e. The lowest BCUT2D eigenvalue weighted by atomic mass is 9.75.